The summed E-state index contributed by atoms with van der Waals surface area (Å²) in [5, 5.41) is 0. The van der Waals surface area contributed by atoms with Gasteiger partial charge in [-0.25, -0.2) is 4.39 Å². The van der Waals surface area contributed by atoms with Crippen molar-refractivity contribution in [2.24, 2.45) is 0 Å². The zero-order chi connectivity index (χ0) is 21.5. The molecular formula is C25H30FNO4. The van der Waals surface area contributed by atoms with Gasteiger partial charge in [0.2, 0.25) is 5.91 Å². The third-order valence-electron chi connectivity index (χ3n) is 6.19. The molecule has 0 saturated carbocycles. The highest BCUT2D eigenvalue weighted by atomic mass is 19.1. The van der Waals surface area contributed by atoms with Crippen molar-refractivity contribution < 1.29 is 23.4 Å². The van der Waals surface area contributed by atoms with Gasteiger partial charge in [-0.15, -0.1) is 0 Å². The van der Waals surface area contributed by atoms with Crippen LogP contribution in [0.1, 0.15) is 31.2 Å². The highest BCUT2D eigenvalue weighted by Gasteiger charge is 2.41. The monoisotopic (exact) mass is 427 g/mol. The molecule has 1 amide bonds. The van der Waals surface area contributed by atoms with E-state index in [0.29, 0.717) is 39.3 Å². The summed E-state index contributed by atoms with van der Waals surface area (Å²) in [5.41, 5.74) is 0.641. The van der Waals surface area contributed by atoms with Gasteiger partial charge in [-0.05, 0) is 49.1 Å². The molecule has 31 heavy (non-hydrogen) atoms. The molecule has 2 aromatic carbocycles. The second-order valence-corrected chi connectivity index (χ2v) is 8.36. The van der Waals surface area contributed by atoms with E-state index < -0.39 is 0 Å². The number of piperidine rings is 1. The highest BCUT2D eigenvalue weighted by molar-refractivity contribution is 5.78. The number of likely N-dealkylation sites (tertiary alicyclic amines) is 1. The van der Waals surface area contributed by atoms with E-state index in [4.69, 9.17) is 14.2 Å². The molecule has 2 aliphatic heterocycles. The zero-order valence-electron chi connectivity index (χ0n) is 17.8. The Morgan fingerprint density at radius 3 is 2.55 bits per heavy atom. The lowest BCUT2D eigenvalue weighted by Crippen LogP contribution is -2.52. The number of carbonyl (C=O) groups is 1. The molecule has 1 spiro atoms. The summed E-state index contributed by atoms with van der Waals surface area (Å²) in [5.74, 6) is 0.657. The maximum Gasteiger partial charge on any atom is 0.226 e. The SMILES string of the molecule is O=C(Cc1ccc(F)cc1)N1CCC2(CC1)CC(OCCOc1ccccc1)CCO2. The molecule has 2 aliphatic rings. The van der Waals surface area contributed by atoms with E-state index in [1.54, 1.807) is 12.1 Å². The number of halogens is 1. The number of ether oxygens (including phenoxy) is 3. The molecule has 0 radical (unpaired) electrons. The number of rotatable bonds is 7. The molecule has 0 aliphatic carbocycles. The first-order chi connectivity index (χ1) is 15.1. The van der Waals surface area contributed by atoms with Crippen molar-refractivity contribution in [2.75, 3.05) is 32.9 Å². The van der Waals surface area contributed by atoms with Crippen LogP contribution in [-0.2, 0) is 20.7 Å². The lowest BCUT2D eigenvalue weighted by molar-refractivity contribution is -0.162. The van der Waals surface area contributed by atoms with E-state index in [9.17, 15) is 9.18 Å². The zero-order valence-corrected chi connectivity index (χ0v) is 17.8. The van der Waals surface area contributed by atoms with Crippen LogP contribution in [0.4, 0.5) is 4.39 Å². The first-order valence-corrected chi connectivity index (χ1v) is 11.1. The van der Waals surface area contributed by atoms with Crippen molar-refractivity contribution >= 4 is 5.91 Å². The van der Waals surface area contributed by atoms with Gasteiger partial charge < -0.3 is 19.1 Å². The van der Waals surface area contributed by atoms with Crippen LogP contribution in [0.25, 0.3) is 0 Å². The van der Waals surface area contributed by atoms with Gasteiger partial charge in [0.1, 0.15) is 18.2 Å². The first kappa shape index (κ1) is 21.8. The van der Waals surface area contributed by atoms with Crippen LogP contribution in [0, 0.1) is 5.82 Å². The Balaban J connectivity index is 1.20. The summed E-state index contributed by atoms with van der Waals surface area (Å²) in [7, 11) is 0. The molecule has 1 unspecified atom stereocenters. The smallest absolute Gasteiger partial charge is 0.226 e. The largest absolute Gasteiger partial charge is 0.491 e. The molecule has 0 bridgehead atoms. The predicted molar refractivity (Wildman–Crippen MR) is 116 cm³/mol. The van der Waals surface area contributed by atoms with Crippen LogP contribution in [0.5, 0.6) is 5.75 Å². The Morgan fingerprint density at radius 1 is 1.06 bits per heavy atom. The molecule has 166 valence electrons. The fraction of sp³-hybridized carbons (Fsp3) is 0.480. The summed E-state index contributed by atoms with van der Waals surface area (Å²) in [6.45, 7) is 3.14. The van der Waals surface area contributed by atoms with Gasteiger partial charge >= 0.3 is 0 Å². The second-order valence-electron chi connectivity index (χ2n) is 8.36. The number of hydrogen-bond donors (Lipinski definition) is 0. The second kappa shape index (κ2) is 10.2. The number of carbonyl (C=O) groups excluding carboxylic acids is 1. The molecule has 2 fully saturated rings. The summed E-state index contributed by atoms with van der Waals surface area (Å²) in [6, 6.07) is 15.9. The van der Waals surface area contributed by atoms with Gasteiger partial charge in [0.05, 0.1) is 24.7 Å². The number of nitrogens with zero attached hydrogens (tertiary/aromatic N) is 1. The van der Waals surface area contributed by atoms with Gasteiger partial charge in [-0.1, -0.05) is 30.3 Å². The molecule has 0 aromatic heterocycles. The number of benzene rings is 2. The fourth-order valence-electron chi connectivity index (χ4n) is 4.42. The van der Waals surface area contributed by atoms with E-state index in [1.165, 1.54) is 12.1 Å². The van der Waals surface area contributed by atoms with Crippen molar-refractivity contribution in [3.8, 4) is 5.75 Å². The molecule has 6 heteroatoms. The number of amides is 1. The molecule has 0 N–H and O–H groups in total. The minimum atomic E-state index is -0.283. The van der Waals surface area contributed by atoms with E-state index in [0.717, 1.165) is 37.0 Å². The molecule has 5 nitrogen and oxygen atoms in total. The summed E-state index contributed by atoms with van der Waals surface area (Å²) >= 11 is 0. The topological polar surface area (TPSA) is 48.0 Å². The quantitative estimate of drug-likeness (QED) is 0.627. The van der Waals surface area contributed by atoms with Gasteiger partial charge in [-0.3, -0.25) is 4.79 Å². The average Bonchev–Trinajstić information content (AvgIpc) is 2.80. The minimum absolute atomic E-state index is 0.0862. The molecule has 2 saturated heterocycles. The number of para-hydroxylation sites is 1. The van der Waals surface area contributed by atoms with E-state index in [2.05, 4.69) is 0 Å². The summed E-state index contributed by atoms with van der Waals surface area (Å²) in [6.07, 6.45) is 3.86. The fourth-order valence-corrected chi connectivity index (χ4v) is 4.42. The van der Waals surface area contributed by atoms with Gasteiger partial charge in [0.15, 0.2) is 0 Å². The first-order valence-electron chi connectivity index (χ1n) is 11.1. The molecule has 2 heterocycles. The van der Waals surface area contributed by atoms with E-state index >= 15 is 0 Å². The van der Waals surface area contributed by atoms with Crippen LogP contribution < -0.4 is 4.74 Å². The Kier molecular flexibility index (Phi) is 7.20. The van der Waals surface area contributed by atoms with Crippen molar-refractivity contribution in [2.45, 2.75) is 43.8 Å². The average molecular weight is 428 g/mol. The minimum Gasteiger partial charge on any atom is -0.491 e. The Labute approximate surface area is 183 Å². The van der Waals surface area contributed by atoms with Crippen LogP contribution in [0.3, 0.4) is 0 Å². The van der Waals surface area contributed by atoms with Crippen molar-refractivity contribution in [3.05, 3.63) is 66.0 Å². The molecule has 4 rings (SSSR count). The maximum absolute atomic E-state index is 13.1. The van der Waals surface area contributed by atoms with Crippen LogP contribution >= 0.6 is 0 Å². The summed E-state index contributed by atoms with van der Waals surface area (Å²) < 4.78 is 31.0. The van der Waals surface area contributed by atoms with Crippen molar-refractivity contribution in [1.82, 2.24) is 4.90 Å². The van der Waals surface area contributed by atoms with Crippen molar-refractivity contribution in [3.63, 3.8) is 0 Å². The molecule has 2 aromatic rings. The normalized spacial score (nSPS) is 20.5. The Morgan fingerprint density at radius 2 is 1.81 bits per heavy atom. The summed E-state index contributed by atoms with van der Waals surface area (Å²) in [4.78, 5) is 14.5. The third kappa shape index (κ3) is 6.05. The van der Waals surface area contributed by atoms with Crippen LogP contribution in [0.15, 0.2) is 54.6 Å². The van der Waals surface area contributed by atoms with Crippen molar-refractivity contribution in [1.29, 1.82) is 0 Å². The highest BCUT2D eigenvalue weighted by Crippen LogP contribution is 2.36. The molecular weight excluding hydrogens is 397 g/mol. The van der Waals surface area contributed by atoms with Gasteiger partial charge in [0, 0.05) is 26.1 Å². The maximum atomic E-state index is 13.1. The lowest BCUT2D eigenvalue weighted by Gasteiger charge is -2.46. The Hall–Kier alpha value is -2.44. The lowest BCUT2D eigenvalue weighted by atomic mass is 9.83. The van der Waals surface area contributed by atoms with Crippen LogP contribution in [-0.4, -0.2) is 55.4 Å². The van der Waals surface area contributed by atoms with E-state index in [-0.39, 0.29) is 23.4 Å². The van der Waals surface area contributed by atoms with Gasteiger partial charge in [-0.2, -0.15) is 0 Å². The predicted octanol–water partition coefficient (Wildman–Crippen LogP) is 4.00. The Bertz CT molecular complexity index is 834. The van der Waals surface area contributed by atoms with E-state index in [1.807, 2.05) is 35.2 Å². The van der Waals surface area contributed by atoms with Crippen LogP contribution in [0.2, 0.25) is 0 Å². The third-order valence-corrected chi connectivity index (χ3v) is 6.19. The standard InChI is InChI=1S/C25H30FNO4/c26-21-8-6-20(7-9-21)18-24(28)27-13-11-25(12-14-27)19-23(10-15-31-25)30-17-16-29-22-4-2-1-3-5-22/h1-9,23H,10-19H2. The number of hydrogen-bond acceptors (Lipinski definition) is 4. The van der Waals surface area contributed by atoms with Gasteiger partial charge in [0.25, 0.3) is 0 Å². The molecule has 1 atom stereocenters.